The molecule has 10 nitrogen and oxygen atoms in total. The number of carbonyl (C=O) groups excluding carboxylic acids is 1. The molecule has 0 bridgehead atoms. The molecule has 4 N–H and O–H groups in total. The standard InChI is InChI=1S/C25H28N6O4S/c1-15(2)16-4-6-17(7-5-16)27-23(14-31(33)34)30-11-10-20-22(13-30)36-25(29-20)24(32)28-21-12-18(35-3)8-9-19(21)26/h4-9,12,14-15,27H,10-11,13,26H2,1-3H3,(H,28,32)/b23-14-. The average molecular weight is 509 g/mol. The number of amides is 1. The molecule has 36 heavy (non-hydrogen) atoms. The predicted molar refractivity (Wildman–Crippen MR) is 141 cm³/mol. The Kier molecular flexibility index (Phi) is 7.39. The fraction of sp³-hybridized carbons (Fsp3) is 0.280. The summed E-state index contributed by atoms with van der Waals surface area (Å²) in [6.07, 6.45) is 1.53. The van der Waals surface area contributed by atoms with Gasteiger partial charge in [0.05, 0.1) is 35.6 Å². The van der Waals surface area contributed by atoms with Gasteiger partial charge in [-0.2, -0.15) is 0 Å². The van der Waals surface area contributed by atoms with E-state index in [0.717, 1.165) is 22.5 Å². The fourth-order valence-electron chi connectivity index (χ4n) is 3.84. The summed E-state index contributed by atoms with van der Waals surface area (Å²) in [7, 11) is 1.54. The lowest BCUT2D eigenvalue weighted by Gasteiger charge is -2.29. The second-order valence-electron chi connectivity index (χ2n) is 8.67. The summed E-state index contributed by atoms with van der Waals surface area (Å²) in [5.74, 6) is 0.980. The van der Waals surface area contributed by atoms with Crippen molar-refractivity contribution in [3.63, 3.8) is 0 Å². The zero-order valence-electron chi connectivity index (χ0n) is 20.3. The molecule has 1 aliphatic heterocycles. The van der Waals surface area contributed by atoms with Gasteiger partial charge in [0.2, 0.25) is 0 Å². The number of nitrogens with zero attached hydrogens (tertiary/aromatic N) is 3. The number of benzene rings is 2. The molecule has 0 spiro atoms. The van der Waals surface area contributed by atoms with Crippen LogP contribution in [0.3, 0.4) is 0 Å². The molecular weight excluding hydrogens is 480 g/mol. The molecule has 1 aliphatic rings. The Bertz CT molecular complexity index is 1300. The number of nitrogen functional groups attached to an aromatic ring is 1. The van der Waals surface area contributed by atoms with Crippen LogP contribution in [0.4, 0.5) is 17.1 Å². The van der Waals surface area contributed by atoms with E-state index < -0.39 is 4.92 Å². The van der Waals surface area contributed by atoms with Crippen molar-refractivity contribution in [3.05, 3.63) is 85.7 Å². The molecule has 1 aromatic heterocycles. The lowest BCUT2D eigenvalue weighted by molar-refractivity contribution is -0.404. The first-order valence-corrected chi connectivity index (χ1v) is 12.3. The Morgan fingerprint density at radius 1 is 1.25 bits per heavy atom. The van der Waals surface area contributed by atoms with Gasteiger partial charge < -0.3 is 26.0 Å². The van der Waals surface area contributed by atoms with Gasteiger partial charge in [-0.05, 0) is 35.7 Å². The largest absolute Gasteiger partial charge is 0.497 e. The number of rotatable bonds is 8. The van der Waals surface area contributed by atoms with Gasteiger partial charge in [-0.1, -0.05) is 26.0 Å². The van der Waals surface area contributed by atoms with E-state index in [-0.39, 0.29) is 5.91 Å². The van der Waals surface area contributed by atoms with E-state index >= 15 is 0 Å². The van der Waals surface area contributed by atoms with Crippen LogP contribution >= 0.6 is 11.3 Å². The zero-order valence-corrected chi connectivity index (χ0v) is 21.1. The number of methoxy groups -OCH3 is 1. The number of ether oxygens (including phenoxy) is 1. The Balaban J connectivity index is 1.50. The summed E-state index contributed by atoms with van der Waals surface area (Å²) in [5, 5.41) is 17.6. The summed E-state index contributed by atoms with van der Waals surface area (Å²) < 4.78 is 5.20. The highest BCUT2D eigenvalue weighted by Crippen LogP contribution is 2.30. The normalized spacial score (nSPS) is 13.3. The van der Waals surface area contributed by atoms with Gasteiger partial charge in [0.25, 0.3) is 12.1 Å². The Hall–Kier alpha value is -4.12. The smallest absolute Gasteiger partial charge is 0.284 e. The molecule has 0 fully saturated rings. The Morgan fingerprint density at radius 2 is 2.00 bits per heavy atom. The van der Waals surface area contributed by atoms with Crippen molar-refractivity contribution in [3.8, 4) is 5.75 Å². The van der Waals surface area contributed by atoms with Crippen LogP contribution in [0.5, 0.6) is 5.75 Å². The number of anilines is 3. The van der Waals surface area contributed by atoms with Crippen molar-refractivity contribution >= 4 is 34.3 Å². The molecule has 0 aliphatic carbocycles. The molecule has 188 valence electrons. The number of hydrogen-bond donors (Lipinski definition) is 3. The van der Waals surface area contributed by atoms with Crippen LogP contribution in [-0.2, 0) is 13.0 Å². The van der Waals surface area contributed by atoms with E-state index in [0.29, 0.717) is 53.4 Å². The molecular formula is C25H28N6O4S. The van der Waals surface area contributed by atoms with E-state index in [9.17, 15) is 14.9 Å². The quantitative estimate of drug-likeness (QED) is 0.227. The van der Waals surface area contributed by atoms with Crippen molar-refractivity contribution < 1.29 is 14.5 Å². The van der Waals surface area contributed by atoms with Crippen LogP contribution in [0, 0.1) is 10.1 Å². The third-order valence-corrected chi connectivity index (χ3v) is 6.93. The molecule has 0 atom stereocenters. The summed E-state index contributed by atoms with van der Waals surface area (Å²) in [6.45, 7) is 5.15. The number of hydrogen-bond acceptors (Lipinski definition) is 9. The number of thiazole rings is 1. The summed E-state index contributed by atoms with van der Waals surface area (Å²) in [4.78, 5) is 31.1. The van der Waals surface area contributed by atoms with E-state index in [1.807, 2.05) is 29.2 Å². The minimum absolute atomic E-state index is 0.307. The highest BCUT2D eigenvalue weighted by molar-refractivity contribution is 7.13. The number of nitrogens with one attached hydrogen (secondary N) is 2. The SMILES string of the molecule is COc1ccc(N)c(NC(=O)c2nc3c(s2)CN(/C(=C\[N+](=O)[O-])Nc2ccc(C(C)C)cc2)CC3)c1. The maximum atomic E-state index is 12.9. The molecule has 1 amide bonds. The number of nitro groups is 1. The van der Waals surface area contributed by atoms with Crippen LogP contribution < -0.4 is 21.1 Å². The lowest BCUT2D eigenvalue weighted by Crippen LogP contribution is -2.33. The number of nitrogens with two attached hydrogens (primary N) is 1. The van der Waals surface area contributed by atoms with E-state index in [1.165, 1.54) is 24.0 Å². The molecule has 4 rings (SSSR count). The topological polar surface area (TPSA) is 136 Å². The first kappa shape index (κ1) is 25.0. The average Bonchev–Trinajstić information content (AvgIpc) is 3.29. The number of aromatic nitrogens is 1. The molecule has 11 heteroatoms. The second-order valence-corrected chi connectivity index (χ2v) is 9.75. The highest BCUT2D eigenvalue weighted by Gasteiger charge is 2.26. The fourth-order valence-corrected chi connectivity index (χ4v) is 4.86. The third kappa shape index (κ3) is 5.74. The van der Waals surface area contributed by atoms with Gasteiger partial charge in [-0.25, -0.2) is 4.98 Å². The summed E-state index contributed by atoms with van der Waals surface area (Å²) in [5.41, 5.74) is 9.61. The van der Waals surface area contributed by atoms with Gasteiger partial charge in [-0.15, -0.1) is 11.3 Å². The van der Waals surface area contributed by atoms with Gasteiger partial charge in [0.15, 0.2) is 10.8 Å². The minimum atomic E-state index is -0.468. The lowest BCUT2D eigenvalue weighted by atomic mass is 10.0. The van der Waals surface area contributed by atoms with Crippen LogP contribution in [0.15, 0.2) is 54.5 Å². The van der Waals surface area contributed by atoms with Gasteiger partial charge in [0.1, 0.15) is 5.75 Å². The van der Waals surface area contributed by atoms with E-state index in [4.69, 9.17) is 10.5 Å². The minimum Gasteiger partial charge on any atom is -0.497 e. The van der Waals surface area contributed by atoms with Crippen molar-refractivity contribution in [2.24, 2.45) is 0 Å². The van der Waals surface area contributed by atoms with Crippen molar-refractivity contribution in [2.75, 3.05) is 30.0 Å². The Labute approximate surface area is 212 Å². The van der Waals surface area contributed by atoms with Crippen molar-refractivity contribution in [1.82, 2.24) is 9.88 Å². The highest BCUT2D eigenvalue weighted by atomic mass is 32.1. The zero-order chi connectivity index (χ0) is 25.8. The first-order chi connectivity index (χ1) is 17.2. The van der Waals surface area contributed by atoms with E-state index in [2.05, 4.69) is 29.5 Å². The van der Waals surface area contributed by atoms with Gasteiger partial charge in [0, 0.05) is 29.6 Å². The maximum Gasteiger partial charge on any atom is 0.284 e. The molecule has 0 radical (unpaired) electrons. The molecule has 0 saturated carbocycles. The van der Waals surface area contributed by atoms with Gasteiger partial charge >= 0.3 is 0 Å². The molecule has 2 aromatic carbocycles. The molecule has 3 aromatic rings. The van der Waals surface area contributed by atoms with Crippen LogP contribution in [-0.4, -0.2) is 34.4 Å². The summed E-state index contributed by atoms with van der Waals surface area (Å²) >= 11 is 1.27. The van der Waals surface area contributed by atoms with Crippen molar-refractivity contribution in [2.45, 2.75) is 32.7 Å². The predicted octanol–water partition coefficient (Wildman–Crippen LogP) is 4.66. The maximum absolute atomic E-state index is 12.9. The second kappa shape index (κ2) is 10.6. The van der Waals surface area contributed by atoms with E-state index in [1.54, 1.807) is 18.2 Å². The van der Waals surface area contributed by atoms with Crippen LogP contribution in [0.1, 0.15) is 45.7 Å². The van der Waals surface area contributed by atoms with Crippen molar-refractivity contribution in [1.29, 1.82) is 0 Å². The van der Waals surface area contributed by atoms with Crippen LogP contribution in [0.25, 0.3) is 0 Å². The Morgan fingerprint density at radius 3 is 2.67 bits per heavy atom. The molecule has 0 unspecified atom stereocenters. The summed E-state index contributed by atoms with van der Waals surface area (Å²) in [6, 6.07) is 12.9. The first-order valence-electron chi connectivity index (χ1n) is 11.4. The number of carbonyl (C=O) groups is 1. The van der Waals surface area contributed by atoms with Gasteiger partial charge in [-0.3, -0.25) is 14.9 Å². The monoisotopic (exact) mass is 508 g/mol. The molecule has 2 heterocycles. The molecule has 0 saturated heterocycles. The number of fused-ring (bicyclic) bond motifs is 1. The van der Waals surface area contributed by atoms with Crippen LogP contribution in [0.2, 0.25) is 0 Å². The third-order valence-electron chi connectivity index (χ3n) is 5.85.